The summed E-state index contributed by atoms with van der Waals surface area (Å²) in [5, 5.41) is 0. The molecule has 1 aliphatic carbocycles. The predicted molar refractivity (Wildman–Crippen MR) is 87.8 cm³/mol. The molecule has 114 valence electrons. The summed E-state index contributed by atoms with van der Waals surface area (Å²) in [4.78, 5) is 0. The molecule has 0 heterocycles. The van der Waals surface area contributed by atoms with Gasteiger partial charge in [0.15, 0.2) is 0 Å². The van der Waals surface area contributed by atoms with E-state index in [4.69, 9.17) is 10.5 Å². The molecule has 0 radical (unpaired) electrons. The average Bonchev–Trinajstić information content (AvgIpc) is 2.46. The van der Waals surface area contributed by atoms with Crippen molar-refractivity contribution in [1.29, 1.82) is 0 Å². The van der Waals surface area contributed by atoms with Crippen LogP contribution in [-0.4, -0.2) is 7.11 Å². The molecular weight excluding hydrogens is 270 g/mol. The van der Waals surface area contributed by atoms with Crippen LogP contribution in [0.25, 0.3) is 0 Å². The smallest absolute Gasteiger partial charge is 0.123 e. The van der Waals surface area contributed by atoms with Gasteiger partial charge in [-0.1, -0.05) is 45.2 Å². The molecule has 0 amide bonds. The Hall–Kier alpha value is -0.730. The molecule has 1 aliphatic rings. The predicted octanol–water partition coefficient (Wildman–Crippen LogP) is 4.82. The Morgan fingerprint density at radius 3 is 2.35 bits per heavy atom. The second kappa shape index (κ2) is 7.90. The number of nitrogens with two attached hydrogens (primary N) is 1. The summed E-state index contributed by atoms with van der Waals surface area (Å²) in [6, 6.07) is 6.60. The number of benzene rings is 1. The lowest BCUT2D eigenvalue weighted by Crippen LogP contribution is -2.24. The Morgan fingerprint density at radius 1 is 1.15 bits per heavy atom. The first kappa shape index (κ1) is 17.3. The molecule has 0 bridgehead atoms. The first-order chi connectivity index (χ1) is 9.13. The van der Waals surface area contributed by atoms with Crippen LogP contribution in [0.2, 0.25) is 0 Å². The van der Waals surface area contributed by atoms with Gasteiger partial charge in [-0.2, -0.15) is 0 Å². The lowest BCUT2D eigenvalue weighted by Gasteiger charge is -2.29. The van der Waals surface area contributed by atoms with Crippen molar-refractivity contribution in [2.45, 2.75) is 57.9 Å². The van der Waals surface area contributed by atoms with E-state index in [0.717, 1.165) is 5.75 Å². The molecule has 0 aromatic heterocycles. The topological polar surface area (TPSA) is 35.2 Å². The molecular formula is C17H28ClNO. The van der Waals surface area contributed by atoms with Crippen LogP contribution < -0.4 is 10.5 Å². The highest BCUT2D eigenvalue weighted by Crippen LogP contribution is 2.37. The van der Waals surface area contributed by atoms with E-state index in [1.807, 2.05) is 0 Å². The van der Waals surface area contributed by atoms with Crippen molar-refractivity contribution < 1.29 is 4.74 Å². The minimum absolute atomic E-state index is 0. The average molecular weight is 298 g/mol. The Balaban J connectivity index is 0.00000200. The van der Waals surface area contributed by atoms with Crippen LogP contribution in [0, 0.1) is 5.92 Å². The second-order valence-corrected chi connectivity index (χ2v) is 6.08. The van der Waals surface area contributed by atoms with Gasteiger partial charge in [0.2, 0.25) is 0 Å². The summed E-state index contributed by atoms with van der Waals surface area (Å²) in [6.07, 6.45) is 6.54. The van der Waals surface area contributed by atoms with Crippen molar-refractivity contribution in [3.05, 3.63) is 29.3 Å². The summed E-state index contributed by atoms with van der Waals surface area (Å²) in [7, 11) is 1.74. The summed E-state index contributed by atoms with van der Waals surface area (Å²) in [5.41, 5.74) is 9.08. The number of ether oxygens (including phenoxy) is 1. The zero-order valence-corrected chi connectivity index (χ0v) is 13.7. The number of halogens is 1. The van der Waals surface area contributed by atoms with E-state index >= 15 is 0 Å². The third-order valence-corrected chi connectivity index (χ3v) is 4.44. The van der Waals surface area contributed by atoms with Crippen LogP contribution in [0.15, 0.2) is 18.2 Å². The number of hydrogen-bond acceptors (Lipinski definition) is 2. The lowest BCUT2D eigenvalue weighted by atomic mass is 9.80. The monoisotopic (exact) mass is 297 g/mol. The zero-order chi connectivity index (χ0) is 13.8. The number of rotatable bonds is 4. The van der Waals surface area contributed by atoms with E-state index in [1.165, 1.54) is 43.2 Å². The minimum Gasteiger partial charge on any atom is -0.496 e. The molecule has 0 spiro atoms. The first-order valence-electron chi connectivity index (χ1n) is 7.57. The highest BCUT2D eigenvalue weighted by molar-refractivity contribution is 5.85. The van der Waals surface area contributed by atoms with Gasteiger partial charge in [-0.15, -0.1) is 12.4 Å². The molecule has 1 aromatic rings. The largest absolute Gasteiger partial charge is 0.496 e. The Labute approximate surface area is 129 Å². The van der Waals surface area contributed by atoms with Crippen LogP contribution >= 0.6 is 12.4 Å². The van der Waals surface area contributed by atoms with Crippen LogP contribution in [0.1, 0.15) is 69.0 Å². The third kappa shape index (κ3) is 3.89. The van der Waals surface area contributed by atoms with Gasteiger partial charge in [0.25, 0.3) is 0 Å². The highest BCUT2D eigenvalue weighted by Gasteiger charge is 2.24. The van der Waals surface area contributed by atoms with E-state index in [2.05, 4.69) is 32.0 Å². The van der Waals surface area contributed by atoms with Crippen LogP contribution in [0.4, 0.5) is 0 Å². The second-order valence-electron chi connectivity index (χ2n) is 6.08. The summed E-state index contributed by atoms with van der Waals surface area (Å²) in [6.45, 7) is 4.44. The molecule has 2 N–H and O–H groups in total. The maximum absolute atomic E-state index is 6.54. The molecule has 1 aromatic carbocycles. The van der Waals surface area contributed by atoms with Gasteiger partial charge in [-0.25, -0.2) is 0 Å². The van der Waals surface area contributed by atoms with E-state index < -0.39 is 0 Å². The molecule has 1 saturated carbocycles. The fourth-order valence-corrected chi connectivity index (χ4v) is 3.12. The molecule has 2 nitrogen and oxygen atoms in total. The Morgan fingerprint density at radius 2 is 1.80 bits per heavy atom. The standard InChI is InChI=1S/C17H27NO.ClH/c1-12(2)14-9-10-16(19-3)15(11-14)17(18)13-7-5-4-6-8-13;/h9-13,17H,4-8,18H2,1-3H3;1H/t17-;/m0./s1. The Bertz CT molecular complexity index is 413. The lowest BCUT2D eigenvalue weighted by molar-refractivity contribution is 0.301. The molecule has 20 heavy (non-hydrogen) atoms. The maximum atomic E-state index is 6.54. The summed E-state index contributed by atoms with van der Waals surface area (Å²) >= 11 is 0. The van der Waals surface area contributed by atoms with E-state index in [-0.39, 0.29) is 18.4 Å². The van der Waals surface area contributed by atoms with Gasteiger partial charge < -0.3 is 10.5 Å². The summed E-state index contributed by atoms with van der Waals surface area (Å²) in [5.74, 6) is 2.09. The summed E-state index contributed by atoms with van der Waals surface area (Å²) < 4.78 is 5.51. The van der Waals surface area contributed by atoms with Crippen LogP contribution in [0.3, 0.4) is 0 Å². The van der Waals surface area contributed by atoms with Gasteiger partial charge in [0.1, 0.15) is 5.75 Å². The molecule has 3 heteroatoms. The van der Waals surface area contributed by atoms with Crippen molar-refractivity contribution in [1.82, 2.24) is 0 Å². The van der Waals surface area contributed by atoms with E-state index in [0.29, 0.717) is 11.8 Å². The molecule has 1 fully saturated rings. The highest BCUT2D eigenvalue weighted by atomic mass is 35.5. The fraction of sp³-hybridized carbons (Fsp3) is 0.647. The van der Waals surface area contributed by atoms with Crippen molar-refractivity contribution in [2.24, 2.45) is 11.7 Å². The molecule has 0 aliphatic heterocycles. The molecule has 1 atom stereocenters. The first-order valence-corrected chi connectivity index (χ1v) is 7.57. The number of hydrogen-bond donors (Lipinski definition) is 1. The van der Waals surface area contributed by atoms with E-state index in [9.17, 15) is 0 Å². The SMILES string of the molecule is COc1ccc(C(C)C)cc1[C@@H](N)C1CCCCC1.Cl. The molecule has 0 saturated heterocycles. The fourth-order valence-electron chi connectivity index (χ4n) is 3.12. The maximum Gasteiger partial charge on any atom is 0.123 e. The van der Waals surface area contributed by atoms with Gasteiger partial charge >= 0.3 is 0 Å². The van der Waals surface area contributed by atoms with Crippen LogP contribution in [-0.2, 0) is 0 Å². The van der Waals surface area contributed by atoms with Gasteiger partial charge in [0, 0.05) is 11.6 Å². The van der Waals surface area contributed by atoms with Gasteiger partial charge in [0.05, 0.1) is 7.11 Å². The Kier molecular flexibility index (Phi) is 6.84. The minimum atomic E-state index is 0. The normalized spacial score (nSPS) is 17.6. The third-order valence-electron chi connectivity index (χ3n) is 4.44. The van der Waals surface area contributed by atoms with Crippen molar-refractivity contribution in [3.8, 4) is 5.75 Å². The van der Waals surface area contributed by atoms with E-state index in [1.54, 1.807) is 7.11 Å². The van der Waals surface area contributed by atoms with Crippen LogP contribution in [0.5, 0.6) is 5.75 Å². The van der Waals surface area contributed by atoms with Crippen molar-refractivity contribution >= 4 is 12.4 Å². The van der Waals surface area contributed by atoms with Gasteiger partial charge in [-0.3, -0.25) is 0 Å². The number of methoxy groups -OCH3 is 1. The molecule has 2 rings (SSSR count). The molecule has 0 unspecified atom stereocenters. The van der Waals surface area contributed by atoms with Crippen molar-refractivity contribution in [3.63, 3.8) is 0 Å². The zero-order valence-electron chi connectivity index (χ0n) is 12.9. The quantitative estimate of drug-likeness (QED) is 0.864. The van der Waals surface area contributed by atoms with Crippen molar-refractivity contribution in [2.75, 3.05) is 7.11 Å². The van der Waals surface area contributed by atoms with Gasteiger partial charge in [-0.05, 0) is 36.3 Å².